The van der Waals surface area contributed by atoms with E-state index in [9.17, 15) is 0 Å². The standard InChI is InChI=1S/C16H24O3/c1-14(19-16-9-5-6-11-18-16)10-12-17-13-15-7-3-2-4-8-15/h2-4,7-8,14,16H,5-6,9-13H2,1H3. The molecule has 1 fully saturated rings. The molecule has 1 heterocycles. The molecule has 1 aliphatic heterocycles. The first-order valence-electron chi connectivity index (χ1n) is 7.23. The largest absolute Gasteiger partial charge is 0.377 e. The number of benzene rings is 1. The molecule has 0 aliphatic carbocycles. The van der Waals surface area contributed by atoms with Gasteiger partial charge in [0, 0.05) is 13.2 Å². The summed E-state index contributed by atoms with van der Waals surface area (Å²) in [5.41, 5.74) is 1.21. The van der Waals surface area contributed by atoms with Crippen molar-refractivity contribution in [2.45, 2.75) is 51.6 Å². The molecule has 3 heteroatoms. The van der Waals surface area contributed by atoms with Gasteiger partial charge in [-0.25, -0.2) is 0 Å². The summed E-state index contributed by atoms with van der Waals surface area (Å²) >= 11 is 0. The van der Waals surface area contributed by atoms with Crippen LogP contribution in [-0.2, 0) is 20.8 Å². The van der Waals surface area contributed by atoms with Crippen LogP contribution in [0.5, 0.6) is 0 Å². The lowest BCUT2D eigenvalue weighted by atomic mass is 10.2. The summed E-state index contributed by atoms with van der Waals surface area (Å²) in [5.74, 6) is 0. The van der Waals surface area contributed by atoms with Crippen LogP contribution in [0.1, 0.15) is 38.2 Å². The number of rotatable bonds is 7. The fraction of sp³-hybridized carbons (Fsp3) is 0.625. The van der Waals surface area contributed by atoms with Crippen LogP contribution in [0.2, 0.25) is 0 Å². The van der Waals surface area contributed by atoms with Crippen LogP contribution in [0.15, 0.2) is 30.3 Å². The van der Waals surface area contributed by atoms with Crippen molar-refractivity contribution >= 4 is 0 Å². The Hall–Kier alpha value is -0.900. The van der Waals surface area contributed by atoms with E-state index >= 15 is 0 Å². The maximum Gasteiger partial charge on any atom is 0.157 e. The molecular formula is C16H24O3. The maximum atomic E-state index is 5.84. The molecule has 0 spiro atoms. The SMILES string of the molecule is CC(CCOCc1ccccc1)OC1CCCCO1. The molecule has 1 aromatic rings. The summed E-state index contributed by atoms with van der Waals surface area (Å²) in [6.45, 7) is 4.32. The van der Waals surface area contributed by atoms with Crippen LogP contribution >= 0.6 is 0 Å². The molecule has 0 saturated carbocycles. The van der Waals surface area contributed by atoms with E-state index in [2.05, 4.69) is 19.1 Å². The first-order valence-corrected chi connectivity index (χ1v) is 7.23. The van der Waals surface area contributed by atoms with Gasteiger partial charge in [0.15, 0.2) is 6.29 Å². The van der Waals surface area contributed by atoms with Gasteiger partial charge in [0.05, 0.1) is 12.7 Å². The molecule has 2 unspecified atom stereocenters. The third-order valence-corrected chi connectivity index (χ3v) is 3.30. The lowest BCUT2D eigenvalue weighted by Crippen LogP contribution is -2.27. The van der Waals surface area contributed by atoms with E-state index in [1.54, 1.807) is 0 Å². The Morgan fingerprint density at radius 1 is 1.26 bits per heavy atom. The van der Waals surface area contributed by atoms with Gasteiger partial charge in [0.25, 0.3) is 0 Å². The molecule has 2 rings (SSSR count). The zero-order chi connectivity index (χ0) is 13.3. The van der Waals surface area contributed by atoms with E-state index in [-0.39, 0.29) is 12.4 Å². The summed E-state index contributed by atoms with van der Waals surface area (Å²) in [6, 6.07) is 10.2. The lowest BCUT2D eigenvalue weighted by Gasteiger charge is -2.26. The Kier molecular flexibility index (Phi) is 6.34. The van der Waals surface area contributed by atoms with E-state index in [0.29, 0.717) is 6.61 Å². The Morgan fingerprint density at radius 2 is 2.11 bits per heavy atom. The maximum absolute atomic E-state index is 5.84. The van der Waals surface area contributed by atoms with Gasteiger partial charge in [-0.1, -0.05) is 30.3 Å². The molecule has 1 aliphatic rings. The second kappa shape index (κ2) is 8.31. The highest BCUT2D eigenvalue weighted by Crippen LogP contribution is 2.16. The summed E-state index contributed by atoms with van der Waals surface area (Å²) < 4.78 is 17.1. The van der Waals surface area contributed by atoms with Gasteiger partial charge in [0.1, 0.15) is 0 Å². The first-order chi connectivity index (χ1) is 9.34. The lowest BCUT2D eigenvalue weighted by molar-refractivity contribution is -0.187. The molecular weight excluding hydrogens is 240 g/mol. The quantitative estimate of drug-likeness (QED) is 0.705. The predicted molar refractivity (Wildman–Crippen MR) is 74.9 cm³/mol. The molecule has 1 aromatic carbocycles. The van der Waals surface area contributed by atoms with Crippen molar-refractivity contribution in [3.8, 4) is 0 Å². The minimum atomic E-state index is -0.00197. The third-order valence-electron chi connectivity index (χ3n) is 3.30. The number of hydrogen-bond donors (Lipinski definition) is 0. The van der Waals surface area contributed by atoms with Crippen LogP contribution in [-0.4, -0.2) is 25.6 Å². The minimum absolute atomic E-state index is 0.00197. The molecule has 3 nitrogen and oxygen atoms in total. The van der Waals surface area contributed by atoms with Gasteiger partial charge in [-0.2, -0.15) is 0 Å². The van der Waals surface area contributed by atoms with Crippen LogP contribution in [0, 0.1) is 0 Å². The van der Waals surface area contributed by atoms with Gasteiger partial charge >= 0.3 is 0 Å². The highest BCUT2D eigenvalue weighted by Gasteiger charge is 2.16. The zero-order valence-electron chi connectivity index (χ0n) is 11.7. The van der Waals surface area contributed by atoms with Gasteiger partial charge in [0.2, 0.25) is 0 Å². The van der Waals surface area contributed by atoms with E-state index in [1.165, 1.54) is 12.0 Å². The van der Waals surface area contributed by atoms with Gasteiger partial charge < -0.3 is 14.2 Å². The summed E-state index contributed by atoms with van der Waals surface area (Å²) in [4.78, 5) is 0. The summed E-state index contributed by atoms with van der Waals surface area (Å²) in [7, 11) is 0. The fourth-order valence-corrected chi connectivity index (χ4v) is 2.16. The molecule has 0 aromatic heterocycles. The van der Waals surface area contributed by atoms with Crippen LogP contribution in [0.4, 0.5) is 0 Å². The monoisotopic (exact) mass is 264 g/mol. The topological polar surface area (TPSA) is 27.7 Å². The Balaban J connectivity index is 1.55. The molecule has 19 heavy (non-hydrogen) atoms. The highest BCUT2D eigenvalue weighted by molar-refractivity contribution is 5.13. The smallest absolute Gasteiger partial charge is 0.157 e. The van der Waals surface area contributed by atoms with Crippen LogP contribution < -0.4 is 0 Å². The van der Waals surface area contributed by atoms with E-state index in [4.69, 9.17) is 14.2 Å². The van der Waals surface area contributed by atoms with Crippen molar-refractivity contribution in [3.63, 3.8) is 0 Å². The second-order valence-electron chi connectivity index (χ2n) is 5.07. The number of hydrogen-bond acceptors (Lipinski definition) is 3. The molecule has 2 atom stereocenters. The normalized spacial score (nSPS) is 21.2. The van der Waals surface area contributed by atoms with E-state index in [1.807, 2.05) is 18.2 Å². The average molecular weight is 264 g/mol. The van der Waals surface area contributed by atoms with Crippen LogP contribution in [0.3, 0.4) is 0 Å². The molecule has 0 N–H and O–H groups in total. The minimum Gasteiger partial charge on any atom is -0.377 e. The fourth-order valence-electron chi connectivity index (χ4n) is 2.16. The third kappa shape index (κ3) is 5.72. The van der Waals surface area contributed by atoms with E-state index in [0.717, 1.165) is 32.5 Å². The molecule has 1 saturated heterocycles. The Labute approximate surface area is 115 Å². The van der Waals surface area contributed by atoms with Gasteiger partial charge in [-0.15, -0.1) is 0 Å². The molecule has 0 radical (unpaired) electrons. The number of ether oxygens (including phenoxy) is 3. The van der Waals surface area contributed by atoms with Crippen molar-refractivity contribution in [1.82, 2.24) is 0 Å². The van der Waals surface area contributed by atoms with Crippen molar-refractivity contribution in [3.05, 3.63) is 35.9 Å². The highest BCUT2D eigenvalue weighted by atomic mass is 16.7. The predicted octanol–water partition coefficient (Wildman–Crippen LogP) is 3.53. The van der Waals surface area contributed by atoms with Gasteiger partial charge in [-0.3, -0.25) is 0 Å². The van der Waals surface area contributed by atoms with Crippen molar-refractivity contribution in [1.29, 1.82) is 0 Å². The Morgan fingerprint density at radius 3 is 2.84 bits per heavy atom. The van der Waals surface area contributed by atoms with Gasteiger partial charge in [-0.05, 0) is 38.2 Å². The second-order valence-corrected chi connectivity index (χ2v) is 5.07. The summed E-state index contributed by atoms with van der Waals surface area (Å²) in [5, 5.41) is 0. The molecule has 106 valence electrons. The van der Waals surface area contributed by atoms with Crippen molar-refractivity contribution in [2.24, 2.45) is 0 Å². The molecule has 0 amide bonds. The zero-order valence-corrected chi connectivity index (χ0v) is 11.7. The molecule has 0 bridgehead atoms. The van der Waals surface area contributed by atoms with E-state index < -0.39 is 0 Å². The summed E-state index contributed by atoms with van der Waals surface area (Å²) in [6.07, 6.45) is 4.50. The van der Waals surface area contributed by atoms with Crippen LogP contribution in [0.25, 0.3) is 0 Å². The van der Waals surface area contributed by atoms with Crippen molar-refractivity contribution in [2.75, 3.05) is 13.2 Å². The Bertz CT molecular complexity index is 333. The first kappa shape index (κ1) is 14.5. The van der Waals surface area contributed by atoms with Crippen molar-refractivity contribution < 1.29 is 14.2 Å². The average Bonchev–Trinajstić information content (AvgIpc) is 2.46.